The van der Waals surface area contributed by atoms with Gasteiger partial charge in [-0.2, -0.15) is 0 Å². The van der Waals surface area contributed by atoms with Gasteiger partial charge in [-0.15, -0.1) is 0 Å². The standard InChI is InChI=1S/C26H33N3O2/c1-30-25-9-8-23(19-26(25)31-2)12-16-28-14-10-21(11-15-28)6-7-22-4-3-5-24(18-22)29-17-13-27-20-29/h3-5,8-9,13,17-21H,6-7,10-12,14-16H2,1-2H3. The maximum Gasteiger partial charge on any atom is 0.160 e. The Morgan fingerprint density at radius 3 is 2.48 bits per heavy atom. The van der Waals surface area contributed by atoms with E-state index in [-0.39, 0.29) is 0 Å². The molecule has 1 aliphatic heterocycles. The molecule has 2 heterocycles. The summed E-state index contributed by atoms with van der Waals surface area (Å²) >= 11 is 0. The van der Waals surface area contributed by atoms with E-state index in [0.29, 0.717) is 0 Å². The van der Waals surface area contributed by atoms with Gasteiger partial charge in [0.05, 0.1) is 20.5 Å². The number of benzene rings is 2. The van der Waals surface area contributed by atoms with E-state index in [1.54, 1.807) is 14.2 Å². The van der Waals surface area contributed by atoms with Crippen molar-refractivity contribution in [3.8, 4) is 17.2 Å². The summed E-state index contributed by atoms with van der Waals surface area (Å²) in [6.07, 6.45) is 11.8. The highest BCUT2D eigenvalue weighted by Crippen LogP contribution is 2.28. The van der Waals surface area contributed by atoms with E-state index in [4.69, 9.17) is 9.47 Å². The summed E-state index contributed by atoms with van der Waals surface area (Å²) in [5, 5.41) is 0. The number of nitrogens with zero attached hydrogens (tertiary/aromatic N) is 3. The van der Waals surface area contributed by atoms with E-state index in [9.17, 15) is 0 Å². The van der Waals surface area contributed by atoms with Gasteiger partial charge in [0.1, 0.15) is 0 Å². The zero-order valence-electron chi connectivity index (χ0n) is 18.7. The molecule has 1 aromatic heterocycles. The van der Waals surface area contributed by atoms with E-state index in [1.165, 1.54) is 49.2 Å². The molecule has 0 aliphatic carbocycles. The van der Waals surface area contributed by atoms with Gasteiger partial charge >= 0.3 is 0 Å². The van der Waals surface area contributed by atoms with Crippen LogP contribution < -0.4 is 9.47 Å². The number of rotatable bonds is 9. The van der Waals surface area contributed by atoms with Crippen molar-refractivity contribution in [1.29, 1.82) is 0 Å². The first kappa shape index (κ1) is 21.4. The fraction of sp³-hybridized carbons (Fsp3) is 0.423. The quantitative estimate of drug-likeness (QED) is 0.501. The van der Waals surface area contributed by atoms with Crippen LogP contribution in [0.15, 0.2) is 61.2 Å². The molecule has 0 bridgehead atoms. The van der Waals surface area contributed by atoms with Crippen molar-refractivity contribution in [3.63, 3.8) is 0 Å². The van der Waals surface area contributed by atoms with E-state index in [1.807, 2.05) is 24.8 Å². The number of imidazole rings is 1. The van der Waals surface area contributed by atoms with Crippen LogP contribution in [0.2, 0.25) is 0 Å². The third kappa shape index (κ3) is 5.67. The fourth-order valence-electron chi connectivity index (χ4n) is 4.48. The largest absolute Gasteiger partial charge is 0.493 e. The lowest BCUT2D eigenvalue weighted by Crippen LogP contribution is -2.35. The summed E-state index contributed by atoms with van der Waals surface area (Å²) in [5.41, 5.74) is 3.92. The monoisotopic (exact) mass is 419 g/mol. The summed E-state index contributed by atoms with van der Waals surface area (Å²) in [5.74, 6) is 2.44. The van der Waals surface area contributed by atoms with Crippen LogP contribution in [-0.2, 0) is 12.8 Å². The van der Waals surface area contributed by atoms with Crippen molar-refractivity contribution in [3.05, 3.63) is 72.3 Å². The Hall–Kier alpha value is -2.79. The number of aromatic nitrogens is 2. The molecule has 0 saturated carbocycles. The number of hydrogen-bond donors (Lipinski definition) is 0. The molecule has 0 amide bonds. The van der Waals surface area contributed by atoms with Crippen molar-refractivity contribution >= 4 is 0 Å². The summed E-state index contributed by atoms with van der Waals surface area (Å²) in [7, 11) is 3.37. The lowest BCUT2D eigenvalue weighted by Gasteiger charge is -2.32. The first-order chi connectivity index (χ1) is 15.2. The molecular weight excluding hydrogens is 386 g/mol. The van der Waals surface area contributed by atoms with Crippen LogP contribution in [0.5, 0.6) is 11.5 Å². The molecule has 164 valence electrons. The van der Waals surface area contributed by atoms with Crippen LogP contribution in [0, 0.1) is 5.92 Å². The molecule has 0 atom stereocenters. The van der Waals surface area contributed by atoms with Gasteiger partial charge in [0.25, 0.3) is 0 Å². The number of hydrogen-bond acceptors (Lipinski definition) is 4. The van der Waals surface area contributed by atoms with Gasteiger partial charge in [0.2, 0.25) is 0 Å². The lowest BCUT2D eigenvalue weighted by molar-refractivity contribution is 0.181. The summed E-state index contributed by atoms with van der Waals surface area (Å²) in [6.45, 7) is 3.51. The number of likely N-dealkylation sites (tertiary alicyclic amines) is 1. The molecule has 1 fully saturated rings. The van der Waals surface area contributed by atoms with Crippen molar-refractivity contribution in [1.82, 2.24) is 14.5 Å². The molecule has 0 spiro atoms. The van der Waals surface area contributed by atoms with Crippen LogP contribution in [0.1, 0.15) is 30.4 Å². The van der Waals surface area contributed by atoms with Crippen molar-refractivity contribution in [2.75, 3.05) is 33.9 Å². The molecule has 0 N–H and O–H groups in total. The number of ether oxygens (including phenoxy) is 2. The average molecular weight is 420 g/mol. The van der Waals surface area contributed by atoms with Gasteiger partial charge in [-0.1, -0.05) is 18.2 Å². The first-order valence-corrected chi connectivity index (χ1v) is 11.3. The fourth-order valence-corrected chi connectivity index (χ4v) is 4.48. The molecule has 3 aromatic rings. The van der Waals surface area contributed by atoms with Crippen molar-refractivity contribution < 1.29 is 9.47 Å². The second kappa shape index (κ2) is 10.5. The molecule has 31 heavy (non-hydrogen) atoms. The number of aryl methyl sites for hydroxylation is 1. The van der Waals surface area contributed by atoms with Crippen LogP contribution >= 0.6 is 0 Å². The SMILES string of the molecule is COc1ccc(CCN2CCC(CCc3cccc(-n4ccnc4)c3)CC2)cc1OC. The van der Waals surface area contributed by atoms with Crippen LogP contribution in [0.4, 0.5) is 0 Å². The molecule has 1 saturated heterocycles. The minimum atomic E-state index is 0.794. The van der Waals surface area contributed by atoms with Gasteiger partial charge < -0.3 is 18.9 Å². The summed E-state index contributed by atoms with van der Waals surface area (Å²) in [6, 6.07) is 15.1. The minimum Gasteiger partial charge on any atom is -0.493 e. The molecular formula is C26H33N3O2. The minimum absolute atomic E-state index is 0.794. The van der Waals surface area contributed by atoms with Crippen molar-refractivity contribution in [2.45, 2.75) is 32.1 Å². The van der Waals surface area contributed by atoms with Gasteiger partial charge in [0.15, 0.2) is 11.5 Å². The van der Waals surface area contributed by atoms with Gasteiger partial charge in [-0.25, -0.2) is 4.98 Å². The second-order valence-corrected chi connectivity index (χ2v) is 8.40. The second-order valence-electron chi connectivity index (χ2n) is 8.40. The zero-order valence-corrected chi connectivity index (χ0v) is 18.7. The van der Waals surface area contributed by atoms with E-state index < -0.39 is 0 Å². The van der Waals surface area contributed by atoms with Crippen LogP contribution in [0.25, 0.3) is 5.69 Å². The Morgan fingerprint density at radius 2 is 1.74 bits per heavy atom. The maximum atomic E-state index is 5.43. The van der Waals surface area contributed by atoms with E-state index in [2.05, 4.69) is 50.8 Å². The molecule has 4 rings (SSSR count). The predicted molar refractivity (Wildman–Crippen MR) is 124 cm³/mol. The van der Waals surface area contributed by atoms with Crippen LogP contribution in [-0.4, -0.2) is 48.3 Å². The Morgan fingerprint density at radius 1 is 0.935 bits per heavy atom. The topological polar surface area (TPSA) is 39.5 Å². The van der Waals surface area contributed by atoms with E-state index >= 15 is 0 Å². The third-order valence-corrected chi connectivity index (χ3v) is 6.43. The van der Waals surface area contributed by atoms with Gasteiger partial charge in [-0.05, 0) is 86.5 Å². The van der Waals surface area contributed by atoms with Crippen LogP contribution in [0.3, 0.4) is 0 Å². The van der Waals surface area contributed by atoms with Gasteiger partial charge in [-0.3, -0.25) is 0 Å². The molecule has 2 aromatic carbocycles. The smallest absolute Gasteiger partial charge is 0.160 e. The normalized spacial score (nSPS) is 15.2. The Labute approximate surface area is 185 Å². The number of piperidine rings is 1. The highest BCUT2D eigenvalue weighted by Gasteiger charge is 2.19. The third-order valence-electron chi connectivity index (χ3n) is 6.43. The van der Waals surface area contributed by atoms with Crippen molar-refractivity contribution in [2.24, 2.45) is 5.92 Å². The zero-order chi connectivity index (χ0) is 21.5. The Kier molecular flexibility index (Phi) is 7.26. The molecule has 5 heteroatoms. The Balaban J connectivity index is 1.21. The first-order valence-electron chi connectivity index (χ1n) is 11.3. The summed E-state index contributed by atoms with van der Waals surface area (Å²) in [4.78, 5) is 6.76. The molecule has 5 nitrogen and oxygen atoms in total. The Bertz CT molecular complexity index is 947. The van der Waals surface area contributed by atoms with Gasteiger partial charge in [0, 0.05) is 24.6 Å². The molecule has 0 radical (unpaired) electrons. The number of methoxy groups -OCH3 is 2. The maximum absolute atomic E-state index is 5.43. The predicted octanol–water partition coefficient (Wildman–Crippen LogP) is 4.78. The van der Waals surface area contributed by atoms with E-state index in [0.717, 1.165) is 36.8 Å². The average Bonchev–Trinajstić information content (AvgIpc) is 3.37. The highest BCUT2D eigenvalue weighted by molar-refractivity contribution is 5.43. The molecule has 1 aliphatic rings. The lowest BCUT2D eigenvalue weighted by atomic mass is 9.90. The molecule has 0 unspecified atom stereocenters. The highest BCUT2D eigenvalue weighted by atomic mass is 16.5. The summed E-state index contributed by atoms with van der Waals surface area (Å²) < 4.78 is 12.8.